The zero-order chi connectivity index (χ0) is 10.1. The van der Waals surface area contributed by atoms with Gasteiger partial charge in [0.05, 0.1) is 0 Å². The lowest BCUT2D eigenvalue weighted by atomic mass is 9.69. The van der Waals surface area contributed by atoms with Crippen molar-refractivity contribution in [3.8, 4) is 12.3 Å². The van der Waals surface area contributed by atoms with E-state index in [2.05, 4.69) is 10.7 Å². The molecule has 14 heavy (non-hydrogen) atoms. The maximum atomic E-state index is 9.72. The Morgan fingerprint density at radius 1 is 1.36 bits per heavy atom. The monoisotopic (exact) mass is 191 g/mol. The van der Waals surface area contributed by atoms with Crippen LogP contribution in [-0.2, 0) is 0 Å². The van der Waals surface area contributed by atoms with Crippen molar-refractivity contribution in [2.24, 2.45) is 5.92 Å². The molecular formula is C11H18BNO. The molecule has 0 aliphatic carbocycles. The molecule has 2 atom stereocenters. The molecule has 2 heterocycles. The van der Waals surface area contributed by atoms with Crippen molar-refractivity contribution in [3.05, 3.63) is 0 Å². The van der Waals surface area contributed by atoms with Gasteiger partial charge in [0.15, 0.2) is 0 Å². The van der Waals surface area contributed by atoms with Gasteiger partial charge in [-0.05, 0) is 32.5 Å². The smallest absolute Gasteiger partial charge is 0.376 e. The third kappa shape index (κ3) is 1.69. The van der Waals surface area contributed by atoms with Crippen LogP contribution in [0.4, 0.5) is 0 Å². The predicted octanol–water partition coefficient (Wildman–Crippen LogP) is 1.36. The van der Waals surface area contributed by atoms with E-state index in [0.29, 0.717) is 18.0 Å². The number of terminal acetylenes is 1. The first-order chi connectivity index (χ1) is 6.72. The molecule has 2 aliphatic rings. The second-order valence-electron chi connectivity index (χ2n) is 4.65. The minimum absolute atomic E-state index is 0.302. The number of fused-ring (bicyclic) bond motifs is 2. The Morgan fingerprint density at radius 2 is 1.93 bits per heavy atom. The maximum absolute atomic E-state index is 9.72. The molecule has 2 aliphatic heterocycles. The largest absolute Gasteiger partial charge is 0.437 e. The summed E-state index contributed by atoms with van der Waals surface area (Å²) in [6.07, 6.45) is 11.4. The molecule has 1 N–H and O–H groups in total. The Morgan fingerprint density at radius 3 is 2.36 bits per heavy atom. The number of nitrogens with zero attached hydrogens (tertiary/aromatic N) is 1. The molecule has 0 saturated carbocycles. The molecule has 2 fully saturated rings. The minimum atomic E-state index is -0.302. The van der Waals surface area contributed by atoms with Gasteiger partial charge < -0.3 is 9.83 Å². The zero-order valence-corrected chi connectivity index (χ0v) is 8.82. The van der Waals surface area contributed by atoms with E-state index in [4.69, 9.17) is 6.42 Å². The topological polar surface area (TPSA) is 23.5 Å². The van der Waals surface area contributed by atoms with E-state index in [1.165, 1.54) is 19.3 Å². The number of piperidine rings is 2. The van der Waals surface area contributed by atoms with Gasteiger partial charge in [0.2, 0.25) is 0 Å². The van der Waals surface area contributed by atoms with E-state index in [1.54, 1.807) is 0 Å². The van der Waals surface area contributed by atoms with Crippen LogP contribution >= 0.6 is 0 Å². The molecule has 0 amide bonds. The highest BCUT2D eigenvalue weighted by atomic mass is 16.2. The Kier molecular flexibility index (Phi) is 2.85. The van der Waals surface area contributed by atoms with Crippen LogP contribution in [0.3, 0.4) is 0 Å². The van der Waals surface area contributed by atoms with E-state index in [1.807, 2.05) is 6.82 Å². The number of hydrogen-bond donors (Lipinski definition) is 1. The fraction of sp³-hybridized carbons (Fsp3) is 0.818. The summed E-state index contributed by atoms with van der Waals surface area (Å²) in [6, 6.07) is 1.06. The summed E-state index contributed by atoms with van der Waals surface area (Å²) in [4.78, 5) is 2.28. The van der Waals surface area contributed by atoms with Crippen LogP contribution in [0.5, 0.6) is 0 Å². The first kappa shape index (κ1) is 10.1. The minimum Gasteiger partial charge on any atom is -0.437 e. The van der Waals surface area contributed by atoms with Gasteiger partial charge in [0.1, 0.15) is 0 Å². The summed E-state index contributed by atoms with van der Waals surface area (Å²) in [6.45, 7) is 1.88. The number of hydrogen-bond acceptors (Lipinski definition) is 2. The van der Waals surface area contributed by atoms with E-state index in [0.717, 1.165) is 12.8 Å². The van der Waals surface area contributed by atoms with Crippen LogP contribution in [0.2, 0.25) is 6.82 Å². The Labute approximate surface area is 86.8 Å². The summed E-state index contributed by atoms with van der Waals surface area (Å²) in [7, 11) is -0.302. The normalized spacial score (nSPS) is 37.6. The SMILES string of the molecule is C#CC1CC2CCCC(C1)N2B(C)O. The highest BCUT2D eigenvalue weighted by Gasteiger charge is 2.40. The molecule has 3 heteroatoms. The lowest BCUT2D eigenvalue weighted by molar-refractivity contribution is 0.0856. The van der Waals surface area contributed by atoms with Gasteiger partial charge in [0.25, 0.3) is 0 Å². The summed E-state index contributed by atoms with van der Waals surface area (Å²) < 4.78 is 0. The zero-order valence-electron chi connectivity index (χ0n) is 8.82. The third-order valence-corrected chi connectivity index (χ3v) is 3.70. The van der Waals surface area contributed by atoms with Crippen molar-refractivity contribution in [2.75, 3.05) is 0 Å². The average Bonchev–Trinajstić information content (AvgIpc) is 2.15. The molecule has 0 aromatic heterocycles. The molecule has 2 rings (SSSR count). The van der Waals surface area contributed by atoms with Crippen molar-refractivity contribution >= 4 is 7.05 Å². The summed E-state index contributed by atoms with van der Waals surface area (Å²) in [5.74, 6) is 3.33. The van der Waals surface area contributed by atoms with Crippen molar-refractivity contribution in [2.45, 2.75) is 51.0 Å². The van der Waals surface area contributed by atoms with E-state index in [9.17, 15) is 5.02 Å². The molecule has 0 aromatic carbocycles. The van der Waals surface area contributed by atoms with E-state index in [-0.39, 0.29) is 7.05 Å². The van der Waals surface area contributed by atoms with Gasteiger partial charge in [-0.15, -0.1) is 12.3 Å². The first-order valence-corrected chi connectivity index (χ1v) is 5.64. The van der Waals surface area contributed by atoms with E-state index >= 15 is 0 Å². The van der Waals surface area contributed by atoms with Crippen LogP contribution in [0, 0.1) is 18.3 Å². The van der Waals surface area contributed by atoms with Crippen LogP contribution in [0.25, 0.3) is 0 Å². The summed E-state index contributed by atoms with van der Waals surface area (Å²) in [5, 5.41) is 9.72. The van der Waals surface area contributed by atoms with Crippen molar-refractivity contribution in [1.29, 1.82) is 0 Å². The second-order valence-corrected chi connectivity index (χ2v) is 4.65. The lowest BCUT2D eigenvalue weighted by Crippen LogP contribution is -2.57. The van der Waals surface area contributed by atoms with Crippen molar-refractivity contribution in [3.63, 3.8) is 0 Å². The lowest BCUT2D eigenvalue weighted by Gasteiger charge is -2.48. The molecule has 2 unspecified atom stereocenters. The summed E-state index contributed by atoms with van der Waals surface area (Å²) in [5.41, 5.74) is 0. The average molecular weight is 191 g/mol. The molecule has 2 bridgehead atoms. The highest BCUT2D eigenvalue weighted by molar-refractivity contribution is 6.45. The van der Waals surface area contributed by atoms with Crippen LogP contribution < -0.4 is 0 Å². The third-order valence-electron chi connectivity index (χ3n) is 3.70. The van der Waals surface area contributed by atoms with Gasteiger partial charge in [-0.1, -0.05) is 6.42 Å². The van der Waals surface area contributed by atoms with Crippen LogP contribution in [-0.4, -0.2) is 29.0 Å². The second kappa shape index (κ2) is 3.96. The summed E-state index contributed by atoms with van der Waals surface area (Å²) >= 11 is 0. The van der Waals surface area contributed by atoms with Crippen molar-refractivity contribution in [1.82, 2.24) is 4.81 Å². The quantitative estimate of drug-likeness (QED) is 0.499. The van der Waals surface area contributed by atoms with Crippen LogP contribution in [0.1, 0.15) is 32.1 Å². The Balaban J connectivity index is 2.12. The molecule has 2 nitrogen and oxygen atoms in total. The standard InChI is InChI=1S/C11H18BNO/c1-3-9-7-10-5-4-6-11(8-9)13(10)12(2)14/h1,9-11,14H,4-8H2,2H3. The molecule has 0 radical (unpaired) electrons. The fourth-order valence-electron chi connectivity index (χ4n) is 3.16. The predicted molar refractivity (Wildman–Crippen MR) is 58.7 cm³/mol. The van der Waals surface area contributed by atoms with Crippen LogP contribution in [0.15, 0.2) is 0 Å². The van der Waals surface area contributed by atoms with Gasteiger partial charge >= 0.3 is 7.05 Å². The Bertz CT molecular complexity index is 234. The molecular weight excluding hydrogens is 173 g/mol. The molecule has 76 valence electrons. The van der Waals surface area contributed by atoms with Gasteiger partial charge in [-0.2, -0.15) is 0 Å². The molecule has 0 aromatic rings. The Hall–Kier alpha value is -0.455. The van der Waals surface area contributed by atoms with Gasteiger partial charge in [0, 0.05) is 18.0 Å². The van der Waals surface area contributed by atoms with Gasteiger partial charge in [-0.3, -0.25) is 0 Å². The van der Waals surface area contributed by atoms with Crippen molar-refractivity contribution < 1.29 is 5.02 Å². The maximum Gasteiger partial charge on any atom is 0.376 e. The highest BCUT2D eigenvalue weighted by Crippen LogP contribution is 2.36. The molecule has 2 saturated heterocycles. The number of rotatable bonds is 1. The van der Waals surface area contributed by atoms with E-state index < -0.39 is 0 Å². The molecule has 0 spiro atoms. The first-order valence-electron chi connectivity index (χ1n) is 5.64. The van der Waals surface area contributed by atoms with Gasteiger partial charge in [-0.25, -0.2) is 0 Å². The fourth-order valence-corrected chi connectivity index (χ4v) is 3.16.